The highest BCUT2D eigenvalue weighted by atomic mass is 32.1. The molecule has 0 fully saturated rings. The number of ether oxygens (including phenoxy) is 1. The second kappa shape index (κ2) is 7.77. The topological polar surface area (TPSA) is 71.5 Å². The van der Waals surface area contributed by atoms with E-state index in [1.54, 1.807) is 17.3 Å². The number of thiazole rings is 1. The molecule has 9 heteroatoms. The molecule has 0 atom stereocenters. The van der Waals surface area contributed by atoms with Gasteiger partial charge in [-0.1, -0.05) is 6.07 Å². The molecule has 2 amide bonds. The van der Waals surface area contributed by atoms with Crippen molar-refractivity contribution in [3.05, 3.63) is 40.9 Å². The second-order valence-corrected chi connectivity index (χ2v) is 7.29. The smallest absolute Gasteiger partial charge is 0.387 e. The van der Waals surface area contributed by atoms with E-state index in [2.05, 4.69) is 15.0 Å². The maximum atomic E-state index is 12.4. The summed E-state index contributed by atoms with van der Waals surface area (Å²) in [6.45, 7) is 2.72. The van der Waals surface area contributed by atoms with Crippen LogP contribution in [0.3, 0.4) is 0 Å². The Kier molecular flexibility index (Phi) is 5.91. The molecule has 0 saturated heterocycles. The SMILES string of the molecule is CN(C(=O)c1csc(NC(=O)c2cccc(OC(F)F)c2)n1)C(C)(C)C. The monoisotopic (exact) mass is 383 g/mol. The molecule has 0 aliphatic carbocycles. The molecule has 26 heavy (non-hydrogen) atoms. The van der Waals surface area contributed by atoms with E-state index >= 15 is 0 Å². The Morgan fingerprint density at radius 2 is 2.00 bits per heavy atom. The average molecular weight is 383 g/mol. The van der Waals surface area contributed by atoms with Gasteiger partial charge in [-0.25, -0.2) is 4.98 Å². The molecule has 1 heterocycles. The van der Waals surface area contributed by atoms with Crippen LogP contribution in [0, 0.1) is 0 Å². The maximum Gasteiger partial charge on any atom is 0.387 e. The summed E-state index contributed by atoms with van der Waals surface area (Å²) in [5.74, 6) is -0.918. The van der Waals surface area contributed by atoms with Crippen molar-refractivity contribution in [1.29, 1.82) is 0 Å². The molecule has 0 spiro atoms. The zero-order chi connectivity index (χ0) is 19.5. The van der Waals surface area contributed by atoms with E-state index in [-0.39, 0.29) is 33.6 Å². The fourth-order valence-electron chi connectivity index (χ4n) is 1.89. The van der Waals surface area contributed by atoms with Crippen LogP contribution in [0.15, 0.2) is 29.6 Å². The van der Waals surface area contributed by atoms with Gasteiger partial charge in [0.2, 0.25) is 0 Å². The average Bonchev–Trinajstić information content (AvgIpc) is 3.00. The van der Waals surface area contributed by atoms with Gasteiger partial charge in [-0.15, -0.1) is 11.3 Å². The largest absolute Gasteiger partial charge is 0.435 e. The summed E-state index contributed by atoms with van der Waals surface area (Å²) in [7, 11) is 1.68. The fourth-order valence-corrected chi connectivity index (χ4v) is 2.57. The number of halogens is 2. The van der Waals surface area contributed by atoms with Crippen molar-refractivity contribution in [2.24, 2.45) is 0 Å². The summed E-state index contributed by atoms with van der Waals surface area (Å²) in [5.41, 5.74) is -0.00884. The van der Waals surface area contributed by atoms with Crippen LogP contribution in [0.1, 0.15) is 41.6 Å². The van der Waals surface area contributed by atoms with E-state index in [4.69, 9.17) is 0 Å². The normalized spacial score (nSPS) is 11.3. The van der Waals surface area contributed by atoms with Crippen LogP contribution in [0.25, 0.3) is 0 Å². The van der Waals surface area contributed by atoms with E-state index in [9.17, 15) is 18.4 Å². The van der Waals surface area contributed by atoms with E-state index in [1.165, 1.54) is 24.3 Å². The van der Waals surface area contributed by atoms with Crippen molar-refractivity contribution in [3.8, 4) is 5.75 Å². The van der Waals surface area contributed by atoms with Gasteiger partial charge in [0, 0.05) is 23.5 Å². The van der Waals surface area contributed by atoms with E-state index in [1.807, 2.05) is 20.8 Å². The lowest BCUT2D eigenvalue weighted by Gasteiger charge is -2.31. The summed E-state index contributed by atoms with van der Waals surface area (Å²) >= 11 is 1.10. The second-order valence-electron chi connectivity index (χ2n) is 6.43. The minimum absolute atomic E-state index is 0.116. The van der Waals surface area contributed by atoms with Crippen molar-refractivity contribution >= 4 is 28.3 Å². The zero-order valence-corrected chi connectivity index (χ0v) is 15.6. The Labute approximate surface area is 153 Å². The van der Waals surface area contributed by atoms with Crippen LogP contribution in [-0.4, -0.2) is 40.9 Å². The first-order chi connectivity index (χ1) is 12.1. The molecule has 140 valence electrons. The number of amides is 2. The fraction of sp³-hybridized carbons (Fsp3) is 0.353. The third-order valence-corrected chi connectivity index (χ3v) is 4.33. The molecule has 0 radical (unpaired) electrons. The molecular weight excluding hydrogens is 364 g/mol. The highest BCUT2D eigenvalue weighted by molar-refractivity contribution is 7.14. The number of hydrogen-bond acceptors (Lipinski definition) is 5. The molecule has 2 aromatic rings. The van der Waals surface area contributed by atoms with Crippen LogP contribution in [0.5, 0.6) is 5.75 Å². The van der Waals surface area contributed by atoms with E-state index < -0.39 is 12.5 Å². The standard InChI is InChI=1S/C17H19F2N3O3S/c1-17(2,3)22(4)14(24)12-9-26-16(20-12)21-13(23)10-6-5-7-11(8-10)25-15(18)19/h5-9,15H,1-4H3,(H,20,21,23). The maximum absolute atomic E-state index is 12.4. The Morgan fingerprint density at radius 1 is 1.31 bits per heavy atom. The number of aromatic nitrogens is 1. The minimum atomic E-state index is -2.97. The third kappa shape index (κ3) is 4.98. The van der Waals surface area contributed by atoms with Gasteiger partial charge in [-0.05, 0) is 39.0 Å². The first-order valence-corrected chi connectivity index (χ1v) is 8.56. The number of carbonyl (C=O) groups excluding carboxylic acids is 2. The molecular formula is C17H19F2N3O3S. The summed E-state index contributed by atoms with van der Waals surface area (Å²) in [6.07, 6.45) is 0. The number of carbonyl (C=O) groups is 2. The number of rotatable bonds is 5. The molecule has 2 rings (SSSR count). The molecule has 1 aromatic carbocycles. The van der Waals surface area contributed by atoms with Crippen molar-refractivity contribution in [2.45, 2.75) is 32.9 Å². The molecule has 0 unspecified atom stereocenters. The minimum Gasteiger partial charge on any atom is -0.435 e. The number of nitrogens with zero attached hydrogens (tertiary/aromatic N) is 2. The van der Waals surface area contributed by atoms with Crippen LogP contribution < -0.4 is 10.1 Å². The number of benzene rings is 1. The lowest BCUT2D eigenvalue weighted by atomic mass is 10.1. The van der Waals surface area contributed by atoms with Gasteiger partial charge >= 0.3 is 6.61 Å². The number of hydrogen-bond donors (Lipinski definition) is 1. The molecule has 0 bridgehead atoms. The molecule has 1 aromatic heterocycles. The Hall–Kier alpha value is -2.55. The zero-order valence-electron chi connectivity index (χ0n) is 14.7. The first kappa shape index (κ1) is 19.8. The van der Waals surface area contributed by atoms with Crippen LogP contribution >= 0.6 is 11.3 Å². The van der Waals surface area contributed by atoms with Crippen molar-refractivity contribution in [1.82, 2.24) is 9.88 Å². The van der Waals surface area contributed by atoms with Crippen molar-refractivity contribution in [2.75, 3.05) is 12.4 Å². The van der Waals surface area contributed by atoms with Crippen LogP contribution in [0.2, 0.25) is 0 Å². The summed E-state index contributed by atoms with van der Waals surface area (Å²) in [4.78, 5) is 30.3. The Morgan fingerprint density at radius 3 is 2.62 bits per heavy atom. The lowest BCUT2D eigenvalue weighted by molar-refractivity contribution is -0.0498. The predicted molar refractivity (Wildman–Crippen MR) is 95.0 cm³/mol. The van der Waals surface area contributed by atoms with Gasteiger partial charge in [0.25, 0.3) is 11.8 Å². The summed E-state index contributed by atoms with van der Waals surface area (Å²) in [5, 5.41) is 4.34. The van der Waals surface area contributed by atoms with Crippen LogP contribution in [0.4, 0.5) is 13.9 Å². The molecule has 0 saturated carbocycles. The molecule has 1 N–H and O–H groups in total. The van der Waals surface area contributed by atoms with E-state index in [0.717, 1.165) is 11.3 Å². The summed E-state index contributed by atoms with van der Waals surface area (Å²) < 4.78 is 28.8. The molecule has 0 aliphatic heterocycles. The van der Waals surface area contributed by atoms with Gasteiger partial charge in [0.1, 0.15) is 11.4 Å². The Bertz CT molecular complexity index is 803. The highest BCUT2D eigenvalue weighted by Crippen LogP contribution is 2.21. The van der Waals surface area contributed by atoms with Gasteiger partial charge < -0.3 is 9.64 Å². The summed E-state index contributed by atoms with van der Waals surface area (Å²) in [6, 6.07) is 5.42. The highest BCUT2D eigenvalue weighted by Gasteiger charge is 2.25. The van der Waals surface area contributed by atoms with Crippen LogP contribution in [-0.2, 0) is 0 Å². The lowest BCUT2D eigenvalue weighted by Crippen LogP contribution is -2.42. The predicted octanol–water partition coefficient (Wildman–Crippen LogP) is 3.87. The van der Waals surface area contributed by atoms with E-state index in [0.29, 0.717) is 0 Å². The van der Waals surface area contributed by atoms with Gasteiger partial charge in [0.15, 0.2) is 5.13 Å². The quantitative estimate of drug-likeness (QED) is 0.851. The molecule has 6 nitrogen and oxygen atoms in total. The number of nitrogens with one attached hydrogen (secondary N) is 1. The van der Waals surface area contributed by atoms with Gasteiger partial charge in [-0.3, -0.25) is 14.9 Å². The Balaban J connectivity index is 2.09. The van der Waals surface area contributed by atoms with Gasteiger partial charge in [-0.2, -0.15) is 8.78 Å². The third-order valence-electron chi connectivity index (χ3n) is 3.58. The van der Waals surface area contributed by atoms with Crippen molar-refractivity contribution in [3.63, 3.8) is 0 Å². The van der Waals surface area contributed by atoms with Gasteiger partial charge in [0.05, 0.1) is 0 Å². The number of anilines is 1. The van der Waals surface area contributed by atoms with Crippen molar-refractivity contribution < 1.29 is 23.1 Å². The first-order valence-electron chi connectivity index (χ1n) is 7.68. The number of alkyl halides is 2. The molecule has 0 aliphatic rings.